The second-order valence-electron chi connectivity index (χ2n) is 4.03. The largest absolute Gasteiger partial charge is 0.484 e. The summed E-state index contributed by atoms with van der Waals surface area (Å²) < 4.78 is 10.4. The van der Waals surface area contributed by atoms with Crippen LogP contribution in [0.2, 0.25) is 0 Å². The van der Waals surface area contributed by atoms with Gasteiger partial charge >= 0.3 is 0 Å². The topological polar surface area (TPSA) is 94.6 Å². The summed E-state index contributed by atoms with van der Waals surface area (Å²) in [5.41, 5.74) is 5.51. The summed E-state index contributed by atoms with van der Waals surface area (Å²) in [4.78, 5) is 22.4. The molecule has 0 bridgehead atoms. The first-order chi connectivity index (χ1) is 9.65. The minimum atomic E-state index is -0.507. The lowest BCUT2D eigenvalue weighted by Crippen LogP contribution is -2.28. The van der Waals surface area contributed by atoms with Crippen molar-refractivity contribution < 1.29 is 18.7 Å². The second kappa shape index (κ2) is 6.42. The quantitative estimate of drug-likeness (QED) is 0.823. The molecule has 0 spiro atoms. The van der Waals surface area contributed by atoms with E-state index in [0.717, 1.165) is 0 Å². The summed E-state index contributed by atoms with van der Waals surface area (Å²) in [6, 6.07) is 9.76. The van der Waals surface area contributed by atoms with Gasteiger partial charge in [-0.05, 0) is 36.4 Å². The molecule has 0 aliphatic carbocycles. The third-order valence-electron chi connectivity index (χ3n) is 2.55. The third-order valence-corrected chi connectivity index (χ3v) is 2.55. The minimum Gasteiger partial charge on any atom is -0.484 e. The van der Waals surface area contributed by atoms with Crippen molar-refractivity contribution in [3.8, 4) is 5.75 Å². The monoisotopic (exact) mass is 274 g/mol. The number of amides is 2. The number of primary amides is 1. The Morgan fingerprint density at radius 2 is 1.95 bits per heavy atom. The van der Waals surface area contributed by atoms with Crippen molar-refractivity contribution in [1.29, 1.82) is 0 Å². The Labute approximate surface area is 115 Å². The normalized spacial score (nSPS) is 10.0. The van der Waals surface area contributed by atoms with E-state index >= 15 is 0 Å². The van der Waals surface area contributed by atoms with Crippen LogP contribution in [0, 0.1) is 0 Å². The highest BCUT2D eigenvalue weighted by atomic mass is 16.5. The van der Waals surface area contributed by atoms with Crippen LogP contribution in [0.4, 0.5) is 0 Å². The average Bonchev–Trinajstić information content (AvgIpc) is 2.96. The number of carbonyl (C=O) groups is 2. The molecule has 0 saturated heterocycles. The molecule has 0 radical (unpaired) electrons. The van der Waals surface area contributed by atoms with Crippen molar-refractivity contribution in [2.24, 2.45) is 5.73 Å². The highest BCUT2D eigenvalue weighted by Gasteiger charge is 2.05. The lowest BCUT2D eigenvalue weighted by atomic mass is 10.2. The molecule has 2 rings (SSSR count). The van der Waals surface area contributed by atoms with E-state index < -0.39 is 5.91 Å². The Bertz CT molecular complexity index is 576. The van der Waals surface area contributed by atoms with E-state index in [9.17, 15) is 9.59 Å². The van der Waals surface area contributed by atoms with E-state index in [1.165, 1.54) is 6.26 Å². The summed E-state index contributed by atoms with van der Waals surface area (Å²) in [5, 5.41) is 2.65. The van der Waals surface area contributed by atoms with Gasteiger partial charge in [-0.3, -0.25) is 9.59 Å². The van der Waals surface area contributed by atoms with Crippen LogP contribution in [0.1, 0.15) is 16.1 Å². The fraction of sp³-hybridized carbons (Fsp3) is 0.143. The first kappa shape index (κ1) is 13.7. The van der Waals surface area contributed by atoms with Gasteiger partial charge in [-0.1, -0.05) is 0 Å². The highest BCUT2D eigenvalue weighted by Crippen LogP contribution is 2.11. The number of rotatable bonds is 6. The van der Waals surface area contributed by atoms with Gasteiger partial charge in [0.05, 0.1) is 12.8 Å². The maximum Gasteiger partial charge on any atom is 0.258 e. The van der Waals surface area contributed by atoms with Crippen molar-refractivity contribution >= 4 is 11.8 Å². The molecular formula is C14H14N2O4. The van der Waals surface area contributed by atoms with E-state index in [0.29, 0.717) is 23.6 Å². The summed E-state index contributed by atoms with van der Waals surface area (Å²) >= 11 is 0. The summed E-state index contributed by atoms with van der Waals surface area (Å²) in [5.74, 6) is 0.389. The van der Waals surface area contributed by atoms with E-state index in [2.05, 4.69) is 5.32 Å². The molecule has 20 heavy (non-hydrogen) atoms. The predicted octanol–water partition coefficient (Wildman–Crippen LogP) is 1.07. The number of hydrogen-bond acceptors (Lipinski definition) is 4. The van der Waals surface area contributed by atoms with E-state index in [1.807, 2.05) is 0 Å². The number of hydrogen-bond donors (Lipinski definition) is 2. The molecule has 0 saturated carbocycles. The summed E-state index contributed by atoms with van der Waals surface area (Å²) in [6.45, 7) is 0.201. The van der Waals surface area contributed by atoms with Gasteiger partial charge in [0.25, 0.3) is 5.91 Å². The third kappa shape index (κ3) is 3.88. The van der Waals surface area contributed by atoms with E-state index in [1.54, 1.807) is 36.4 Å². The molecule has 0 atom stereocenters. The molecule has 1 heterocycles. The van der Waals surface area contributed by atoms with Gasteiger partial charge in [0.2, 0.25) is 5.91 Å². The summed E-state index contributed by atoms with van der Waals surface area (Å²) in [6.07, 6.45) is 1.54. The molecule has 6 heteroatoms. The smallest absolute Gasteiger partial charge is 0.258 e. The van der Waals surface area contributed by atoms with Gasteiger partial charge in [-0.2, -0.15) is 0 Å². The molecule has 104 valence electrons. The van der Waals surface area contributed by atoms with Crippen LogP contribution in [0.5, 0.6) is 5.75 Å². The van der Waals surface area contributed by atoms with Crippen LogP contribution in [-0.4, -0.2) is 18.4 Å². The van der Waals surface area contributed by atoms with Gasteiger partial charge in [0.1, 0.15) is 11.5 Å². The first-order valence-electron chi connectivity index (χ1n) is 5.97. The van der Waals surface area contributed by atoms with Crippen molar-refractivity contribution in [2.45, 2.75) is 6.54 Å². The van der Waals surface area contributed by atoms with Crippen LogP contribution in [-0.2, 0) is 11.3 Å². The standard InChI is InChI=1S/C14H14N2O4/c15-14(18)10-3-5-11(6-4-10)20-9-13(17)16-8-12-2-1-7-19-12/h1-7H,8-9H2,(H2,15,18)(H,16,17). The van der Waals surface area contributed by atoms with Crippen molar-refractivity contribution in [3.63, 3.8) is 0 Å². The zero-order valence-corrected chi connectivity index (χ0v) is 10.7. The predicted molar refractivity (Wildman–Crippen MR) is 71.0 cm³/mol. The average molecular weight is 274 g/mol. The fourth-order valence-corrected chi connectivity index (χ4v) is 1.51. The van der Waals surface area contributed by atoms with Crippen LogP contribution in [0.3, 0.4) is 0 Å². The number of benzene rings is 1. The molecule has 0 unspecified atom stereocenters. The molecule has 0 aliphatic rings. The lowest BCUT2D eigenvalue weighted by Gasteiger charge is -2.06. The molecule has 0 fully saturated rings. The maximum absolute atomic E-state index is 11.5. The molecule has 1 aromatic carbocycles. The van der Waals surface area contributed by atoms with Gasteiger partial charge in [-0.25, -0.2) is 0 Å². The van der Waals surface area contributed by atoms with Gasteiger partial charge in [0.15, 0.2) is 6.61 Å². The zero-order valence-electron chi connectivity index (χ0n) is 10.7. The van der Waals surface area contributed by atoms with Crippen molar-refractivity contribution in [1.82, 2.24) is 5.32 Å². The lowest BCUT2D eigenvalue weighted by molar-refractivity contribution is -0.123. The van der Waals surface area contributed by atoms with Crippen LogP contribution >= 0.6 is 0 Å². The second-order valence-corrected chi connectivity index (χ2v) is 4.03. The number of nitrogens with one attached hydrogen (secondary N) is 1. The fourth-order valence-electron chi connectivity index (χ4n) is 1.51. The van der Waals surface area contributed by atoms with Crippen LogP contribution in [0.25, 0.3) is 0 Å². The molecule has 1 aromatic heterocycles. The number of carbonyl (C=O) groups excluding carboxylic acids is 2. The molecular weight excluding hydrogens is 260 g/mol. The SMILES string of the molecule is NC(=O)c1ccc(OCC(=O)NCc2ccco2)cc1. The van der Waals surface area contributed by atoms with Crippen LogP contribution in [0.15, 0.2) is 47.1 Å². The number of ether oxygens (including phenoxy) is 1. The Morgan fingerprint density at radius 3 is 2.55 bits per heavy atom. The summed E-state index contributed by atoms with van der Waals surface area (Å²) in [7, 11) is 0. The minimum absolute atomic E-state index is 0.114. The van der Waals surface area contributed by atoms with Gasteiger partial charge in [-0.15, -0.1) is 0 Å². The Balaban J connectivity index is 1.76. The van der Waals surface area contributed by atoms with Gasteiger partial charge in [0, 0.05) is 5.56 Å². The molecule has 6 nitrogen and oxygen atoms in total. The number of nitrogens with two attached hydrogens (primary N) is 1. The Morgan fingerprint density at radius 1 is 1.20 bits per heavy atom. The van der Waals surface area contributed by atoms with Crippen molar-refractivity contribution in [3.05, 3.63) is 54.0 Å². The zero-order chi connectivity index (χ0) is 14.4. The molecule has 0 aliphatic heterocycles. The molecule has 3 N–H and O–H groups in total. The molecule has 2 aromatic rings. The maximum atomic E-state index is 11.5. The van der Waals surface area contributed by atoms with Crippen LogP contribution < -0.4 is 15.8 Å². The van der Waals surface area contributed by atoms with E-state index in [4.69, 9.17) is 14.9 Å². The Hall–Kier alpha value is -2.76. The van der Waals surface area contributed by atoms with Gasteiger partial charge < -0.3 is 20.2 Å². The molecule has 2 amide bonds. The van der Waals surface area contributed by atoms with Crippen molar-refractivity contribution in [2.75, 3.05) is 6.61 Å². The Kier molecular flexibility index (Phi) is 4.39. The number of furan rings is 1. The van der Waals surface area contributed by atoms with E-state index in [-0.39, 0.29) is 12.5 Å². The highest BCUT2D eigenvalue weighted by molar-refractivity contribution is 5.92. The first-order valence-corrected chi connectivity index (χ1v) is 5.97.